The Morgan fingerprint density at radius 3 is 2.37 bits per heavy atom. The third kappa shape index (κ3) is 3.85. The van der Waals surface area contributed by atoms with Crippen LogP contribution in [0.2, 0.25) is 0 Å². The molecule has 4 atom stereocenters. The van der Waals surface area contributed by atoms with Gasteiger partial charge in [-0.1, -0.05) is 24.6 Å². The van der Waals surface area contributed by atoms with Gasteiger partial charge in [-0.2, -0.15) is 0 Å². The van der Waals surface area contributed by atoms with E-state index >= 15 is 0 Å². The van der Waals surface area contributed by atoms with Crippen molar-refractivity contribution in [3.63, 3.8) is 0 Å². The van der Waals surface area contributed by atoms with Gasteiger partial charge in [0.05, 0.1) is 0 Å². The number of para-hydroxylation sites is 1. The van der Waals surface area contributed by atoms with Crippen molar-refractivity contribution in [2.45, 2.75) is 63.6 Å². The Kier molecular flexibility index (Phi) is 6.11. The second kappa shape index (κ2) is 8.19. The molecule has 2 bridgehead atoms. The lowest BCUT2D eigenvalue weighted by molar-refractivity contribution is -0.131. The summed E-state index contributed by atoms with van der Waals surface area (Å²) in [4.78, 5) is 27.6. The third-order valence-electron chi connectivity index (χ3n) is 6.69. The smallest absolute Gasteiger partial charge is 0.249 e. The Morgan fingerprint density at radius 2 is 1.74 bits per heavy atom. The van der Waals surface area contributed by atoms with Gasteiger partial charge in [0.1, 0.15) is 6.04 Å². The molecule has 1 aliphatic heterocycles. The van der Waals surface area contributed by atoms with Crippen molar-refractivity contribution in [2.24, 2.45) is 23.5 Å². The fourth-order valence-corrected chi connectivity index (χ4v) is 5.32. The Bertz CT molecular complexity index is 669. The molecule has 5 nitrogen and oxygen atoms in total. The second-order valence-electron chi connectivity index (χ2n) is 8.39. The van der Waals surface area contributed by atoms with Crippen LogP contribution in [0.3, 0.4) is 0 Å². The molecule has 3 N–H and O–H groups in total. The van der Waals surface area contributed by atoms with Crippen molar-refractivity contribution >= 4 is 29.9 Å². The average molecular weight is 392 g/mol. The van der Waals surface area contributed by atoms with Gasteiger partial charge in [-0.15, -0.1) is 12.4 Å². The summed E-state index contributed by atoms with van der Waals surface area (Å²) in [7, 11) is 0. The number of amides is 2. The van der Waals surface area contributed by atoms with Crippen LogP contribution in [0, 0.1) is 17.8 Å². The number of halogens is 1. The topological polar surface area (TPSA) is 75.4 Å². The Hall–Kier alpha value is -1.59. The number of rotatable bonds is 3. The quantitative estimate of drug-likeness (QED) is 0.831. The van der Waals surface area contributed by atoms with Crippen molar-refractivity contribution in [3.8, 4) is 0 Å². The first-order chi connectivity index (χ1) is 12.5. The van der Waals surface area contributed by atoms with Gasteiger partial charge in [-0.05, 0) is 63.0 Å². The van der Waals surface area contributed by atoms with E-state index in [-0.39, 0.29) is 42.2 Å². The average Bonchev–Trinajstić information content (AvgIpc) is 2.89. The summed E-state index contributed by atoms with van der Waals surface area (Å²) in [6, 6.07) is 9.65. The SMILES string of the molecule is CC1CC(NC(=O)C2CC3CCCC(C2)C3N)C(=O)N1c1ccccc1.Cl. The first-order valence-corrected chi connectivity index (χ1v) is 9.98. The van der Waals surface area contributed by atoms with Crippen molar-refractivity contribution < 1.29 is 9.59 Å². The fourth-order valence-electron chi connectivity index (χ4n) is 5.32. The maximum absolute atomic E-state index is 12.9. The van der Waals surface area contributed by atoms with Crippen LogP contribution in [0.15, 0.2) is 30.3 Å². The maximum atomic E-state index is 12.9. The molecule has 0 aromatic heterocycles. The van der Waals surface area contributed by atoms with Crippen LogP contribution < -0.4 is 16.0 Å². The minimum Gasteiger partial charge on any atom is -0.344 e. The van der Waals surface area contributed by atoms with Crippen LogP contribution in [0.25, 0.3) is 0 Å². The Morgan fingerprint density at radius 1 is 1.11 bits per heavy atom. The van der Waals surface area contributed by atoms with Gasteiger partial charge in [0.15, 0.2) is 0 Å². The number of anilines is 1. The molecule has 0 radical (unpaired) electrons. The number of carbonyl (C=O) groups excluding carboxylic acids is 2. The highest BCUT2D eigenvalue weighted by Crippen LogP contribution is 2.42. The molecule has 2 aliphatic carbocycles. The monoisotopic (exact) mass is 391 g/mol. The largest absolute Gasteiger partial charge is 0.344 e. The van der Waals surface area contributed by atoms with Crippen LogP contribution in [0.4, 0.5) is 5.69 Å². The lowest BCUT2D eigenvalue weighted by Crippen LogP contribution is -2.51. The van der Waals surface area contributed by atoms with Gasteiger partial charge in [0.25, 0.3) is 0 Å². The minimum atomic E-state index is -0.409. The molecular weight excluding hydrogens is 362 g/mol. The zero-order valence-electron chi connectivity index (χ0n) is 15.8. The highest BCUT2D eigenvalue weighted by atomic mass is 35.5. The lowest BCUT2D eigenvalue weighted by Gasteiger charge is -2.43. The third-order valence-corrected chi connectivity index (χ3v) is 6.69. The molecule has 4 unspecified atom stereocenters. The number of fused-ring (bicyclic) bond motifs is 2. The summed E-state index contributed by atoms with van der Waals surface area (Å²) in [5, 5.41) is 3.06. The van der Waals surface area contributed by atoms with E-state index < -0.39 is 6.04 Å². The predicted octanol–water partition coefficient (Wildman–Crippen LogP) is 2.87. The zero-order valence-corrected chi connectivity index (χ0v) is 16.7. The summed E-state index contributed by atoms with van der Waals surface area (Å²) >= 11 is 0. The first-order valence-electron chi connectivity index (χ1n) is 9.98. The van der Waals surface area contributed by atoms with Crippen LogP contribution >= 0.6 is 12.4 Å². The first kappa shape index (κ1) is 20.2. The van der Waals surface area contributed by atoms with Gasteiger partial charge in [0.2, 0.25) is 11.8 Å². The molecule has 1 saturated heterocycles. The van der Waals surface area contributed by atoms with Crippen molar-refractivity contribution in [1.82, 2.24) is 5.32 Å². The maximum Gasteiger partial charge on any atom is 0.249 e. The number of hydrogen-bond donors (Lipinski definition) is 2. The van der Waals surface area contributed by atoms with Gasteiger partial charge in [-0.25, -0.2) is 0 Å². The van der Waals surface area contributed by atoms with Crippen LogP contribution in [-0.2, 0) is 9.59 Å². The second-order valence-corrected chi connectivity index (χ2v) is 8.39. The molecule has 4 rings (SSSR count). The number of nitrogens with one attached hydrogen (secondary N) is 1. The minimum absolute atomic E-state index is 0. The normalized spacial score (nSPS) is 35.5. The zero-order chi connectivity index (χ0) is 18.3. The van der Waals surface area contributed by atoms with E-state index in [2.05, 4.69) is 5.32 Å². The Labute approximate surface area is 167 Å². The summed E-state index contributed by atoms with van der Waals surface area (Å²) in [5.41, 5.74) is 7.24. The molecule has 148 valence electrons. The molecule has 2 amide bonds. The molecular formula is C21H30ClN3O2. The molecule has 27 heavy (non-hydrogen) atoms. The molecule has 1 aromatic rings. The molecule has 0 spiro atoms. The molecule has 3 aliphatic rings. The van der Waals surface area contributed by atoms with Crippen LogP contribution in [0.1, 0.15) is 45.4 Å². The molecule has 6 heteroatoms. The number of benzene rings is 1. The standard InChI is InChI=1S/C21H29N3O2.ClH/c1-13-10-18(21(26)24(13)17-8-3-2-4-9-17)23-20(25)16-11-14-6-5-7-15(12-16)19(14)22;/h2-4,8-9,13-16,18-19H,5-7,10-12,22H2,1H3,(H,23,25);1H. The van der Waals surface area contributed by atoms with E-state index in [0.717, 1.165) is 31.4 Å². The van der Waals surface area contributed by atoms with Crippen LogP contribution in [0.5, 0.6) is 0 Å². The number of nitrogens with zero attached hydrogens (tertiary/aromatic N) is 1. The summed E-state index contributed by atoms with van der Waals surface area (Å²) in [5.74, 6) is 1.01. The predicted molar refractivity (Wildman–Crippen MR) is 109 cm³/mol. The highest BCUT2D eigenvalue weighted by molar-refractivity contribution is 6.02. The summed E-state index contributed by atoms with van der Waals surface area (Å²) < 4.78 is 0. The van der Waals surface area contributed by atoms with E-state index in [1.165, 1.54) is 6.42 Å². The van der Waals surface area contributed by atoms with Crippen molar-refractivity contribution in [1.29, 1.82) is 0 Å². The van der Waals surface area contributed by atoms with E-state index in [1.807, 2.05) is 42.2 Å². The Balaban J connectivity index is 0.00000210. The van der Waals surface area contributed by atoms with Gasteiger partial charge >= 0.3 is 0 Å². The van der Waals surface area contributed by atoms with E-state index in [1.54, 1.807) is 0 Å². The molecule has 1 heterocycles. The van der Waals surface area contributed by atoms with Crippen LogP contribution in [-0.4, -0.2) is 29.9 Å². The lowest BCUT2D eigenvalue weighted by atomic mass is 9.65. The van der Waals surface area contributed by atoms with Crippen molar-refractivity contribution in [3.05, 3.63) is 30.3 Å². The van der Waals surface area contributed by atoms with E-state index in [9.17, 15) is 9.59 Å². The highest BCUT2D eigenvalue weighted by Gasteiger charge is 2.43. The fraction of sp³-hybridized carbons (Fsp3) is 0.619. The molecule has 3 fully saturated rings. The summed E-state index contributed by atoms with van der Waals surface area (Å²) in [6.07, 6.45) is 5.94. The van der Waals surface area contributed by atoms with Gasteiger partial charge in [-0.3, -0.25) is 9.59 Å². The van der Waals surface area contributed by atoms with Gasteiger partial charge in [0, 0.05) is 23.7 Å². The van der Waals surface area contributed by atoms with E-state index in [4.69, 9.17) is 5.73 Å². The molecule has 2 saturated carbocycles. The number of nitrogens with two attached hydrogens (primary N) is 1. The van der Waals surface area contributed by atoms with Crippen molar-refractivity contribution in [2.75, 3.05) is 4.90 Å². The van der Waals surface area contributed by atoms with E-state index in [0.29, 0.717) is 18.3 Å². The number of hydrogen-bond acceptors (Lipinski definition) is 3. The molecule has 1 aromatic carbocycles. The number of carbonyl (C=O) groups is 2. The summed E-state index contributed by atoms with van der Waals surface area (Å²) in [6.45, 7) is 2.04. The van der Waals surface area contributed by atoms with Gasteiger partial charge < -0.3 is 16.0 Å².